The second-order valence-corrected chi connectivity index (χ2v) is 6.22. The molecule has 4 nitrogen and oxygen atoms in total. The molecule has 0 bridgehead atoms. The number of halogens is 3. The molecule has 7 heteroatoms. The van der Waals surface area contributed by atoms with E-state index in [1.807, 2.05) is 22.6 Å². The van der Waals surface area contributed by atoms with Crippen LogP contribution in [0.1, 0.15) is 37.0 Å². The van der Waals surface area contributed by atoms with Crippen molar-refractivity contribution in [3.63, 3.8) is 0 Å². The van der Waals surface area contributed by atoms with Gasteiger partial charge in [0.2, 0.25) is 0 Å². The van der Waals surface area contributed by atoms with Crippen molar-refractivity contribution in [2.24, 2.45) is 0 Å². The first-order valence-corrected chi connectivity index (χ1v) is 7.81. The molecule has 0 saturated heterocycles. The third-order valence-corrected chi connectivity index (χ3v) is 5.20. The van der Waals surface area contributed by atoms with Gasteiger partial charge in [0.05, 0.1) is 10.6 Å². The number of hydrogen-bond acceptors (Lipinski definition) is 2. The van der Waals surface area contributed by atoms with Crippen molar-refractivity contribution in [1.29, 1.82) is 0 Å². The first-order valence-electron chi connectivity index (χ1n) is 5.97. The number of amides is 1. The topological polar surface area (TPSA) is 66.4 Å². The fraction of sp³-hybridized carbons (Fsp3) is 0.385. The minimum Gasteiger partial charge on any atom is -0.480 e. The van der Waals surface area contributed by atoms with Gasteiger partial charge in [-0.3, -0.25) is 4.79 Å². The first-order chi connectivity index (χ1) is 9.27. The fourth-order valence-electron chi connectivity index (χ4n) is 1.79. The van der Waals surface area contributed by atoms with Crippen molar-refractivity contribution in [2.45, 2.75) is 32.2 Å². The summed E-state index contributed by atoms with van der Waals surface area (Å²) in [6.07, 6.45) is 0.574. The summed E-state index contributed by atoms with van der Waals surface area (Å²) in [5, 5.41) is 12.6. The van der Waals surface area contributed by atoms with Crippen LogP contribution in [0.15, 0.2) is 12.1 Å². The minimum absolute atomic E-state index is 0.274. The van der Waals surface area contributed by atoms with Crippen LogP contribution in [0.25, 0.3) is 0 Å². The third-order valence-electron chi connectivity index (χ3n) is 3.21. The first kappa shape index (κ1) is 17.5. The predicted molar refractivity (Wildman–Crippen MR) is 87.6 cm³/mol. The van der Waals surface area contributed by atoms with Gasteiger partial charge in [-0.1, -0.05) is 37.0 Å². The minimum atomic E-state index is -1.28. The molecule has 0 heterocycles. The fourth-order valence-corrected chi connectivity index (χ4v) is 2.84. The molecule has 0 radical (unpaired) electrons. The molecule has 0 aliphatic carbocycles. The lowest BCUT2D eigenvalue weighted by atomic mass is 9.92. The summed E-state index contributed by atoms with van der Waals surface area (Å²) in [4.78, 5) is 23.7. The van der Waals surface area contributed by atoms with E-state index in [1.54, 1.807) is 13.8 Å². The van der Waals surface area contributed by atoms with Gasteiger partial charge in [0.25, 0.3) is 5.91 Å². The number of carboxylic acid groups (broad SMARTS) is 1. The van der Waals surface area contributed by atoms with Crippen LogP contribution in [0.5, 0.6) is 0 Å². The van der Waals surface area contributed by atoms with Crippen LogP contribution < -0.4 is 5.32 Å². The van der Waals surface area contributed by atoms with Gasteiger partial charge in [-0.15, -0.1) is 0 Å². The molecule has 2 N–H and O–H groups in total. The van der Waals surface area contributed by atoms with Crippen LogP contribution in [0.2, 0.25) is 10.0 Å². The summed E-state index contributed by atoms with van der Waals surface area (Å²) < 4.78 is 0.540. The van der Waals surface area contributed by atoms with Gasteiger partial charge >= 0.3 is 5.97 Å². The molecule has 20 heavy (non-hydrogen) atoms. The lowest BCUT2D eigenvalue weighted by Crippen LogP contribution is -2.53. The molecule has 0 saturated carbocycles. The summed E-state index contributed by atoms with van der Waals surface area (Å²) >= 11 is 13.8. The van der Waals surface area contributed by atoms with E-state index in [0.29, 0.717) is 13.6 Å². The Morgan fingerprint density at radius 3 is 2.30 bits per heavy atom. The Bertz CT molecular complexity index is 545. The highest BCUT2D eigenvalue weighted by atomic mass is 127. The quantitative estimate of drug-likeness (QED) is 0.549. The number of hydrogen-bond donors (Lipinski definition) is 2. The Balaban J connectivity index is 3.17. The molecule has 0 unspecified atom stereocenters. The Labute approximate surface area is 141 Å². The average molecular weight is 430 g/mol. The summed E-state index contributed by atoms with van der Waals surface area (Å²) in [5.41, 5.74) is -1.01. The highest BCUT2D eigenvalue weighted by Crippen LogP contribution is 2.27. The predicted octanol–water partition coefficient (Wildman–Crippen LogP) is 3.97. The summed E-state index contributed by atoms with van der Waals surface area (Å²) in [6.45, 7) is 3.43. The lowest BCUT2D eigenvalue weighted by Gasteiger charge is -2.28. The molecule has 1 aromatic carbocycles. The van der Waals surface area contributed by atoms with E-state index in [4.69, 9.17) is 23.2 Å². The molecule has 1 rings (SSSR count). The number of carbonyl (C=O) groups excluding carboxylic acids is 1. The molecule has 0 aromatic heterocycles. The van der Waals surface area contributed by atoms with E-state index in [1.165, 1.54) is 12.1 Å². The van der Waals surface area contributed by atoms with Crippen molar-refractivity contribution >= 4 is 57.7 Å². The lowest BCUT2D eigenvalue weighted by molar-refractivity contribution is -0.144. The zero-order valence-electron chi connectivity index (χ0n) is 11.0. The number of benzene rings is 1. The molecule has 1 amide bonds. The van der Waals surface area contributed by atoms with Crippen LogP contribution >= 0.6 is 45.8 Å². The standard InChI is InChI=1S/C13H14Cl2INO3/c1-3-13(4-2,12(19)20)17-11(18)8-5-7(14)6-9(15)10(8)16/h5-6H,3-4H2,1-2H3,(H,17,18)(H,19,20). The number of rotatable bonds is 5. The number of carboxylic acids is 1. The van der Waals surface area contributed by atoms with Gasteiger partial charge in [-0.05, 0) is 47.6 Å². The van der Waals surface area contributed by atoms with Gasteiger partial charge in [-0.25, -0.2) is 4.79 Å². The maximum atomic E-state index is 12.3. The zero-order chi connectivity index (χ0) is 15.5. The molecule has 0 aliphatic heterocycles. The monoisotopic (exact) mass is 429 g/mol. The van der Waals surface area contributed by atoms with E-state index in [-0.39, 0.29) is 18.4 Å². The van der Waals surface area contributed by atoms with Crippen molar-refractivity contribution < 1.29 is 14.7 Å². The van der Waals surface area contributed by atoms with Crippen LogP contribution in [-0.4, -0.2) is 22.5 Å². The van der Waals surface area contributed by atoms with Gasteiger partial charge in [0.15, 0.2) is 0 Å². The Morgan fingerprint density at radius 2 is 1.85 bits per heavy atom. The number of nitrogens with one attached hydrogen (secondary N) is 1. The van der Waals surface area contributed by atoms with E-state index < -0.39 is 17.4 Å². The van der Waals surface area contributed by atoms with Gasteiger partial charge < -0.3 is 10.4 Å². The van der Waals surface area contributed by atoms with E-state index in [2.05, 4.69) is 5.32 Å². The summed E-state index contributed by atoms with van der Waals surface area (Å²) in [5.74, 6) is -1.55. The maximum Gasteiger partial charge on any atom is 0.329 e. The van der Waals surface area contributed by atoms with Gasteiger partial charge in [-0.2, -0.15) is 0 Å². The smallest absolute Gasteiger partial charge is 0.329 e. The van der Waals surface area contributed by atoms with Crippen LogP contribution in [-0.2, 0) is 4.79 Å². The second-order valence-electron chi connectivity index (χ2n) is 4.30. The van der Waals surface area contributed by atoms with Crippen molar-refractivity contribution in [3.05, 3.63) is 31.3 Å². The van der Waals surface area contributed by atoms with Crippen LogP contribution in [0.3, 0.4) is 0 Å². The van der Waals surface area contributed by atoms with E-state index in [0.717, 1.165) is 0 Å². The van der Waals surface area contributed by atoms with E-state index >= 15 is 0 Å². The molecule has 1 aromatic rings. The van der Waals surface area contributed by atoms with Crippen LogP contribution in [0, 0.1) is 3.57 Å². The van der Waals surface area contributed by atoms with Gasteiger partial charge in [0, 0.05) is 8.59 Å². The number of aliphatic carboxylic acids is 1. The molecular weight excluding hydrogens is 416 g/mol. The highest BCUT2D eigenvalue weighted by molar-refractivity contribution is 14.1. The Kier molecular flexibility index (Phi) is 6.09. The molecule has 0 fully saturated rings. The summed E-state index contributed by atoms with van der Waals surface area (Å²) in [6, 6.07) is 3.01. The maximum absolute atomic E-state index is 12.3. The third kappa shape index (κ3) is 3.56. The van der Waals surface area contributed by atoms with Crippen molar-refractivity contribution in [3.8, 4) is 0 Å². The van der Waals surface area contributed by atoms with Crippen LogP contribution in [0.4, 0.5) is 0 Å². The Morgan fingerprint density at radius 1 is 1.30 bits per heavy atom. The zero-order valence-corrected chi connectivity index (χ0v) is 14.6. The molecule has 0 spiro atoms. The summed E-state index contributed by atoms with van der Waals surface area (Å²) in [7, 11) is 0. The average Bonchev–Trinajstić information content (AvgIpc) is 2.39. The van der Waals surface area contributed by atoms with Gasteiger partial charge in [0.1, 0.15) is 5.54 Å². The molecular formula is C13H14Cl2INO3. The molecule has 0 aliphatic rings. The van der Waals surface area contributed by atoms with E-state index in [9.17, 15) is 14.7 Å². The van der Waals surface area contributed by atoms with Crippen molar-refractivity contribution in [1.82, 2.24) is 5.32 Å². The normalized spacial score (nSPS) is 11.2. The van der Waals surface area contributed by atoms with Crippen molar-refractivity contribution in [2.75, 3.05) is 0 Å². The molecule has 0 atom stereocenters. The highest BCUT2D eigenvalue weighted by Gasteiger charge is 2.37. The molecule has 110 valence electrons. The SMILES string of the molecule is CCC(CC)(NC(=O)c1cc(Cl)cc(Cl)c1I)C(=O)O. The second kappa shape index (κ2) is 6.95. The Hall–Kier alpha value is -0.530. The largest absolute Gasteiger partial charge is 0.480 e. The number of carbonyl (C=O) groups is 2.